The average molecular weight is 795 g/mol. The summed E-state index contributed by atoms with van der Waals surface area (Å²) in [5.74, 6) is 0.796. The molecule has 0 aliphatic rings. The zero-order valence-electron chi connectivity index (χ0n) is 32.8. The highest BCUT2D eigenvalue weighted by Gasteiger charge is 2.22. The molecule has 0 saturated carbocycles. The Morgan fingerprint density at radius 3 is 1.52 bits per heavy atom. The van der Waals surface area contributed by atoms with Crippen molar-refractivity contribution in [2.45, 2.75) is 0 Å². The summed E-state index contributed by atoms with van der Waals surface area (Å²) in [4.78, 5) is 11.1. The molecule has 61 heavy (non-hydrogen) atoms. The van der Waals surface area contributed by atoms with Gasteiger partial charge in [-0.25, -0.2) is 9.97 Å². The smallest absolute Gasteiger partial charge is 0.165 e. The fraction of sp³-hybridized carbons (Fsp3) is 0. The molecule has 4 heterocycles. The van der Waals surface area contributed by atoms with Gasteiger partial charge in [0.15, 0.2) is 5.82 Å². The maximum atomic E-state index is 5.56. The van der Waals surface area contributed by atoms with Crippen molar-refractivity contribution in [2.24, 2.45) is 0 Å². The number of hydrogen-bond donors (Lipinski definition) is 0. The van der Waals surface area contributed by atoms with Gasteiger partial charge in [0.05, 0.1) is 33.1 Å². The molecule has 0 spiro atoms. The molecule has 5 heteroatoms. The molecule has 0 unspecified atom stereocenters. The second-order valence-electron chi connectivity index (χ2n) is 15.7. The Morgan fingerprint density at radius 1 is 0.311 bits per heavy atom. The monoisotopic (exact) mass is 794 g/mol. The predicted octanol–water partition coefficient (Wildman–Crippen LogP) is 15.3. The molecule has 0 aliphatic carbocycles. The van der Waals surface area contributed by atoms with E-state index in [4.69, 9.17) is 9.97 Å². The van der Waals surface area contributed by atoms with Crippen LogP contribution in [-0.4, -0.2) is 19.1 Å². The van der Waals surface area contributed by atoms with Gasteiger partial charge < -0.3 is 4.57 Å². The molecule has 284 valence electrons. The summed E-state index contributed by atoms with van der Waals surface area (Å²) in [5.41, 5.74) is 9.11. The minimum atomic E-state index is 0.796. The molecule has 0 radical (unpaired) electrons. The Kier molecular flexibility index (Phi) is 7.44. The maximum Gasteiger partial charge on any atom is 0.165 e. The number of fused-ring (bicyclic) bond motifs is 14. The summed E-state index contributed by atoms with van der Waals surface area (Å²) in [6.45, 7) is 0. The van der Waals surface area contributed by atoms with Crippen LogP contribution in [0.25, 0.3) is 119 Å². The van der Waals surface area contributed by atoms with Gasteiger partial charge in [-0.2, -0.15) is 0 Å². The van der Waals surface area contributed by atoms with E-state index in [-0.39, 0.29) is 0 Å². The molecule has 0 saturated heterocycles. The van der Waals surface area contributed by atoms with Crippen LogP contribution in [0.4, 0.5) is 0 Å². The van der Waals surface area contributed by atoms with E-state index < -0.39 is 0 Å². The van der Waals surface area contributed by atoms with Gasteiger partial charge in [0, 0.05) is 42.2 Å². The molecule has 0 atom stereocenters. The van der Waals surface area contributed by atoms with Crippen LogP contribution in [0.3, 0.4) is 0 Å². The quantitative estimate of drug-likeness (QED) is 0.179. The molecule has 0 fully saturated rings. The third-order valence-electron chi connectivity index (χ3n) is 12.3. The van der Waals surface area contributed by atoms with Gasteiger partial charge in [-0.05, 0) is 99.0 Å². The third kappa shape index (κ3) is 5.18. The third-order valence-corrected chi connectivity index (χ3v) is 13.5. The van der Waals surface area contributed by atoms with E-state index >= 15 is 0 Å². The lowest BCUT2D eigenvalue weighted by atomic mass is 9.99. The fourth-order valence-electron chi connectivity index (χ4n) is 9.63. The minimum absolute atomic E-state index is 0.796. The molecule has 4 nitrogen and oxygen atoms in total. The summed E-state index contributed by atoms with van der Waals surface area (Å²) in [6.07, 6.45) is 0. The first kappa shape index (κ1) is 34.0. The largest absolute Gasteiger partial charge is 0.309 e. The minimum Gasteiger partial charge on any atom is -0.309 e. The van der Waals surface area contributed by atoms with Gasteiger partial charge >= 0.3 is 0 Å². The van der Waals surface area contributed by atoms with Crippen molar-refractivity contribution in [3.8, 4) is 22.8 Å². The molecular formula is C56H34N4S. The van der Waals surface area contributed by atoms with Crippen LogP contribution in [0.15, 0.2) is 206 Å². The summed E-state index contributed by atoms with van der Waals surface area (Å²) >= 11 is 1.84. The summed E-state index contributed by atoms with van der Waals surface area (Å²) in [5, 5.41) is 12.0. The van der Waals surface area contributed by atoms with Crippen molar-refractivity contribution in [3.05, 3.63) is 206 Å². The highest BCUT2D eigenvalue weighted by Crippen LogP contribution is 2.42. The van der Waals surface area contributed by atoms with Crippen LogP contribution >= 0.6 is 11.3 Å². The summed E-state index contributed by atoms with van der Waals surface area (Å²) < 4.78 is 7.20. The standard InChI is InChI=1S/C56H34N4S/c1-2-16-36(17-3-1)59-49-26-12-6-20-39(49)41-31-30-35(32-51(41)59)55-56(58-48-25-11-10-24-47(48)57-55)60-50-27-13-7-21-40(50)46-33-44-38-19-5-4-18-37(38)42-22-8-14-28-53(42)61-54-29-15-9-23-43(54)45(44)34-52(46)60/h1-34H. The van der Waals surface area contributed by atoms with Gasteiger partial charge in [-0.3, -0.25) is 4.57 Å². The van der Waals surface area contributed by atoms with Crippen molar-refractivity contribution in [3.63, 3.8) is 0 Å². The van der Waals surface area contributed by atoms with E-state index in [0.717, 1.165) is 50.3 Å². The van der Waals surface area contributed by atoms with Crippen molar-refractivity contribution in [2.75, 3.05) is 0 Å². The molecule has 4 aromatic heterocycles. The first-order chi connectivity index (χ1) is 30.3. The van der Waals surface area contributed by atoms with Crippen molar-refractivity contribution in [1.29, 1.82) is 0 Å². The Morgan fingerprint density at radius 2 is 0.803 bits per heavy atom. The number of para-hydroxylation sites is 5. The molecule has 0 aliphatic heterocycles. The topological polar surface area (TPSA) is 35.6 Å². The van der Waals surface area contributed by atoms with Gasteiger partial charge in [0.2, 0.25) is 0 Å². The lowest BCUT2D eigenvalue weighted by Gasteiger charge is -2.15. The van der Waals surface area contributed by atoms with Crippen molar-refractivity contribution in [1.82, 2.24) is 19.1 Å². The zero-order valence-corrected chi connectivity index (χ0v) is 33.6. The first-order valence-electron chi connectivity index (χ1n) is 20.7. The van der Waals surface area contributed by atoms with E-state index in [1.165, 1.54) is 68.8 Å². The van der Waals surface area contributed by atoms with Crippen molar-refractivity contribution < 1.29 is 0 Å². The second-order valence-corrected chi connectivity index (χ2v) is 16.8. The Bertz CT molecular complexity index is 4000. The van der Waals surface area contributed by atoms with E-state index in [9.17, 15) is 0 Å². The van der Waals surface area contributed by atoms with E-state index in [1.807, 2.05) is 23.5 Å². The first-order valence-corrected chi connectivity index (χ1v) is 21.5. The highest BCUT2D eigenvalue weighted by molar-refractivity contribution is 7.24. The summed E-state index contributed by atoms with van der Waals surface area (Å²) in [7, 11) is 0. The number of hydrogen-bond acceptors (Lipinski definition) is 3. The molecule has 9 aromatic carbocycles. The normalized spacial score (nSPS) is 11.9. The van der Waals surface area contributed by atoms with Crippen LogP contribution in [0.1, 0.15) is 0 Å². The Labute approximate surface area is 354 Å². The molecule has 13 aromatic rings. The van der Waals surface area contributed by atoms with E-state index in [2.05, 4.69) is 203 Å². The van der Waals surface area contributed by atoms with Crippen LogP contribution < -0.4 is 0 Å². The van der Waals surface area contributed by atoms with Crippen LogP contribution in [0.5, 0.6) is 0 Å². The Balaban J connectivity index is 1.19. The van der Waals surface area contributed by atoms with E-state index in [1.54, 1.807) is 0 Å². The van der Waals surface area contributed by atoms with Crippen LogP contribution in [-0.2, 0) is 0 Å². The van der Waals surface area contributed by atoms with Crippen LogP contribution in [0.2, 0.25) is 0 Å². The molecule has 0 bridgehead atoms. The van der Waals surface area contributed by atoms with Gasteiger partial charge in [-0.15, -0.1) is 11.3 Å². The lowest BCUT2D eigenvalue weighted by molar-refractivity contribution is 1.08. The van der Waals surface area contributed by atoms with Crippen molar-refractivity contribution >= 4 is 108 Å². The summed E-state index contributed by atoms with van der Waals surface area (Å²) in [6, 6.07) is 74.5. The maximum absolute atomic E-state index is 5.56. The molecule has 13 rings (SSSR count). The molecule has 0 amide bonds. The van der Waals surface area contributed by atoms with Gasteiger partial charge in [-0.1, -0.05) is 140 Å². The number of rotatable bonds is 3. The predicted molar refractivity (Wildman–Crippen MR) is 259 cm³/mol. The highest BCUT2D eigenvalue weighted by atomic mass is 32.1. The van der Waals surface area contributed by atoms with E-state index in [0.29, 0.717) is 0 Å². The lowest BCUT2D eigenvalue weighted by Crippen LogP contribution is -2.04. The SMILES string of the molecule is c1ccc(-n2c3ccccc3c3ccc(-c4nc5ccccc5nc4-n4c5ccccc5c5cc6c(cc54)c4ccccc4sc4ccccc4c4ccccc46)cc32)cc1. The number of aromatic nitrogens is 4. The second kappa shape index (κ2) is 13.3. The zero-order chi connectivity index (χ0) is 40.0. The van der Waals surface area contributed by atoms with Gasteiger partial charge in [0.25, 0.3) is 0 Å². The van der Waals surface area contributed by atoms with Crippen LogP contribution in [0, 0.1) is 0 Å². The average Bonchev–Trinajstić information content (AvgIpc) is 3.84. The van der Waals surface area contributed by atoms with Gasteiger partial charge in [0.1, 0.15) is 5.69 Å². The fourth-order valence-corrected chi connectivity index (χ4v) is 10.7. The number of benzene rings is 9. The molecule has 0 N–H and O–H groups in total. The Hall–Kier alpha value is -7.86. The molecular weight excluding hydrogens is 761 g/mol. The number of nitrogens with zero attached hydrogens (tertiary/aromatic N) is 4.